The standard InChI is InChI=1S/C15H16ClFN2/c1-10(2)19-8-11-3-4-13(16)6-15(11)12-5-14(17)9-18-7-12/h3-7,9-10,19H,8H2,1-2H3. The molecule has 0 saturated heterocycles. The highest BCUT2D eigenvalue weighted by Crippen LogP contribution is 2.27. The molecule has 1 aromatic carbocycles. The number of rotatable bonds is 4. The SMILES string of the molecule is CC(C)NCc1ccc(Cl)cc1-c1cncc(F)c1. The average Bonchev–Trinajstić information content (AvgIpc) is 2.37. The Hall–Kier alpha value is -1.45. The Balaban J connectivity index is 2.39. The lowest BCUT2D eigenvalue weighted by Gasteiger charge is -2.13. The highest BCUT2D eigenvalue weighted by molar-refractivity contribution is 6.30. The van der Waals surface area contributed by atoms with Crippen molar-refractivity contribution in [2.24, 2.45) is 0 Å². The van der Waals surface area contributed by atoms with Crippen LogP contribution in [0.25, 0.3) is 11.1 Å². The highest BCUT2D eigenvalue weighted by atomic mass is 35.5. The Kier molecular flexibility index (Phi) is 4.51. The van der Waals surface area contributed by atoms with Gasteiger partial charge in [0.25, 0.3) is 0 Å². The lowest BCUT2D eigenvalue weighted by molar-refractivity contribution is 0.589. The van der Waals surface area contributed by atoms with Gasteiger partial charge in [-0.2, -0.15) is 0 Å². The van der Waals surface area contributed by atoms with E-state index in [-0.39, 0.29) is 5.82 Å². The Bertz CT molecular complexity index is 570. The van der Waals surface area contributed by atoms with Crippen molar-refractivity contribution < 1.29 is 4.39 Å². The summed E-state index contributed by atoms with van der Waals surface area (Å²) in [6.45, 7) is 4.87. The first kappa shape index (κ1) is 14.0. The molecule has 0 amide bonds. The van der Waals surface area contributed by atoms with Gasteiger partial charge in [0, 0.05) is 29.4 Å². The summed E-state index contributed by atoms with van der Waals surface area (Å²) in [4.78, 5) is 3.89. The quantitative estimate of drug-likeness (QED) is 0.913. The molecule has 1 N–H and O–H groups in total. The predicted octanol–water partition coefficient (Wildman–Crippen LogP) is 4.04. The maximum atomic E-state index is 13.3. The van der Waals surface area contributed by atoms with Crippen molar-refractivity contribution in [3.63, 3.8) is 0 Å². The number of halogens is 2. The van der Waals surface area contributed by atoms with Gasteiger partial charge in [-0.05, 0) is 29.3 Å². The third kappa shape index (κ3) is 3.75. The van der Waals surface area contributed by atoms with Crippen molar-refractivity contribution in [3.8, 4) is 11.1 Å². The van der Waals surface area contributed by atoms with Crippen molar-refractivity contribution in [3.05, 3.63) is 53.1 Å². The van der Waals surface area contributed by atoms with Crippen LogP contribution in [-0.2, 0) is 6.54 Å². The molecule has 0 saturated carbocycles. The molecule has 0 bridgehead atoms. The van der Waals surface area contributed by atoms with Crippen LogP contribution in [-0.4, -0.2) is 11.0 Å². The predicted molar refractivity (Wildman–Crippen MR) is 76.6 cm³/mol. The molecule has 0 atom stereocenters. The monoisotopic (exact) mass is 278 g/mol. The second kappa shape index (κ2) is 6.13. The molecule has 19 heavy (non-hydrogen) atoms. The van der Waals surface area contributed by atoms with Crippen LogP contribution in [0.4, 0.5) is 4.39 Å². The zero-order valence-electron chi connectivity index (χ0n) is 11.0. The summed E-state index contributed by atoms with van der Waals surface area (Å²) < 4.78 is 13.3. The molecular formula is C15H16ClFN2. The van der Waals surface area contributed by atoms with E-state index in [4.69, 9.17) is 11.6 Å². The van der Waals surface area contributed by atoms with Crippen LogP contribution in [0, 0.1) is 5.82 Å². The summed E-state index contributed by atoms with van der Waals surface area (Å²) in [6, 6.07) is 7.49. The number of benzene rings is 1. The maximum Gasteiger partial charge on any atom is 0.142 e. The summed E-state index contributed by atoms with van der Waals surface area (Å²) in [5, 5.41) is 3.98. The van der Waals surface area contributed by atoms with Crippen LogP contribution in [0.3, 0.4) is 0 Å². The number of nitrogens with zero attached hydrogens (tertiary/aromatic N) is 1. The van der Waals surface area contributed by atoms with Crippen molar-refractivity contribution >= 4 is 11.6 Å². The van der Waals surface area contributed by atoms with E-state index in [1.807, 2.05) is 18.2 Å². The van der Waals surface area contributed by atoms with Gasteiger partial charge >= 0.3 is 0 Å². The lowest BCUT2D eigenvalue weighted by Crippen LogP contribution is -2.22. The van der Waals surface area contributed by atoms with Gasteiger partial charge in [-0.15, -0.1) is 0 Å². The number of pyridine rings is 1. The molecule has 0 aliphatic carbocycles. The van der Waals surface area contributed by atoms with Crippen molar-refractivity contribution in [2.75, 3.05) is 0 Å². The fraction of sp³-hybridized carbons (Fsp3) is 0.267. The first-order valence-corrected chi connectivity index (χ1v) is 6.57. The molecule has 4 heteroatoms. The van der Waals surface area contributed by atoms with Gasteiger partial charge in [0.15, 0.2) is 0 Å². The topological polar surface area (TPSA) is 24.9 Å². The number of hydrogen-bond donors (Lipinski definition) is 1. The van der Waals surface area contributed by atoms with E-state index in [0.717, 1.165) is 16.7 Å². The van der Waals surface area contributed by atoms with Crippen molar-refractivity contribution in [1.29, 1.82) is 0 Å². The number of nitrogens with one attached hydrogen (secondary N) is 1. The molecule has 0 aliphatic heterocycles. The zero-order chi connectivity index (χ0) is 13.8. The molecule has 0 fully saturated rings. The summed E-state index contributed by atoms with van der Waals surface area (Å²) >= 11 is 6.03. The lowest BCUT2D eigenvalue weighted by atomic mass is 10.0. The third-order valence-corrected chi connectivity index (χ3v) is 3.02. The van der Waals surface area contributed by atoms with Crippen molar-refractivity contribution in [1.82, 2.24) is 10.3 Å². The molecule has 1 heterocycles. The van der Waals surface area contributed by atoms with Crippen LogP contribution >= 0.6 is 11.6 Å². The highest BCUT2D eigenvalue weighted by Gasteiger charge is 2.08. The smallest absolute Gasteiger partial charge is 0.142 e. The minimum atomic E-state index is -0.347. The van der Waals surface area contributed by atoms with Gasteiger partial charge < -0.3 is 5.32 Å². The van der Waals surface area contributed by atoms with Gasteiger partial charge in [-0.1, -0.05) is 31.5 Å². The van der Waals surface area contributed by atoms with Gasteiger partial charge in [0.05, 0.1) is 6.20 Å². The average molecular weight is 279 g/mol. The molecule has 1 aromatic heterocycles. The molecule has 2 aromatic rings. The normalized spacial score (nSPS) is 11.0. The van der Waals surface area contributed by atoms with E-state index in [2.05, 4.69) is 24.1 Å². The Labute approximate surface area is 117 Å². The first-order valence-electron chi connectivity index (χ1n) is 6.19. The van der Waals surface area contributed by atoms with Crippen LogP contribution in [0.2, 0.25) is 5.02 Å². The summed E-state index contributed by atoms with van der Waals surface area (Å²) in [5.41, 5.74) is 2.72. The van der Waals surface area contributed by atoms with Crippen LogP contribution in [0.1, 0.15) is 19.4 Å². The van der Waals surface area contributed by atoms with E-state index >= 15 is 0 Å². The summed E-state index contributed by atoms with van der Waals surface area (Å²) in [7, 11) is 0. The van der Waals surface area contributed by atoms with Crippen LogP contribution < -0.4 is 5.32 Å². The molecule has 0 radical (unpaired) electrons. The third-order valence-electron chi connectivity index (χ3n) is 2.79. The summed E-state index contributed by atoms with van der Waals surface area (Å²) in [5.74, 6) is -0.347. The van der Waals surface area contributed by atoms with Crippen molar-refractivity contribution in [2.45, 2.75) is 26.4 Å². The molecule has 100 valence electrons. The Morgan fingerprint density at radius 2 is 2.05 bits per heavy atom. The van der Waals surface area contributed by atoms with E-state index in [9.17, 15) is 4.39 Å². The zero-order valence-corrected chi connectivity index (χ0v) is 11.7. The van der Waals surface area contributed by atoms with Gasteiger partial charge in [0.1, 0.15) is 5.82 Å². The second-order valence-corrected chi connectivity index (χ2v) is 5.17. The van der Waals surface area contributed by atoms with Gasteiger partial charge in [0.2, 0.25) is 0 Å². The molecular weight excluding hydrogens is 263 g/mol. The van der Waals surface area contributed by atoms with E-state index in [1.54, 1.807) is 6.20 Å². The fourth-order valence-corrected chi connectivity index (χ4v) is 2.02. The van der Waals surface area contributed by atoms with E-state index in [0.29, 0.717) is 17.6 Å². The summed E-state index contributed by atoms with van der Waals surface area (Å²) in [6.07, 6.45) is 2.84. The molecule has 0 unspecified atom stereocenters. The van der Waals surface area contributed by atoms with Crippen LogP contribution in [0.15, 0.2) is 36.7 Å². The van der Waals surface area contributed by atoms with Crippen LogP contribution in [0.5, 0.6) is 0 Å². The van der Waals surface area contributed by atoms with E-state index < -0.39 is 0 Å². The van der Waals surface area contributed by atoms with Gasteiger partial charge in [-0.3, -0.25) is 4.98 Å². The number of aromatic nitrogens is 1. The van der Waals surface area contributed by atoms with Gasteiger partial charge in [-0.25, -0.2) is 4.39 Å². The minimum absolute atomic E-state index is 0.347. The maximum absolute atomic E-state index is 13.3. The largest absolute Gasteiger partial charge is 0.310 e. The first-order chi connectivity index (χ1) is 9.06. The molecule has 0 aliphatic rings. The second-order valence-electron chi connectivity index (χ2n) is 4.73. The molecule has 2 nitrogen and oxygen atoms in total. The van der Waals surface area contributed by atoms with E-state index in [1.165, 1.54) is 12.3 Å². The Morgan fingerprint density at radius 1 is 1.26 bits per heavy atom. The molecule has 2 rings (SSSR count). The Morgan fingerprint density at radius 3 is 2.74 bits per heavy atom. The molecule has 0 spiro atoms. The number of hydrogen-bond acceptors (Lipinski definition) is 2. The minimum Gasteiger partial charge on any atom is -0.310 e. The fourth-order valence-electron chi connectivity index (χ4n) is 1.84.